The van der Waals surface area contributed by atoms with E-state index in [1.165, 1.54) is 50.2 Å². The standard InChI is InChI=1S/C56H35NO2/c1-2-11-41-37(10-1)33-48-43-13-4-3-12-42(43)45-29-30-49(56(41)55(45)48)57(38-25-20-34(21-26-38)36-24-31-52-47(32-36)44-14-5-7-17-50(44)58-52)39-27-22-35(23-28-39)40-16-9-19-53-54(40)46-15-6-8-18-51(46)59-53/h1-32,48H,33H2. The molecule has 11 aromatic rings. The van der Waals surface area contributed by atoms with E-state index in [1.54, 1.807) is 0 Å². The van der Waals surface area contributed by atoms with Crippen LogP contribution < -0.4 is 4.90 Å². The number of hydrogen-bond acceptors (Lipinski definition) is 3. The highest BCUT2D eigenvalue weighted by atomic mass is 16.3. The van der Waals surface area contributed by atoms with Crippen molar-refractivity contribution in [3.63, 3.8) is 0 Å². The van der Waals surface area contributed by atoms with Crippen molar-refractivity contribution in [2.45, 2.75) is 12.3 Å². The van der Waals surface area contributed by atoms with E-state index in [0.717, 1.165) is 78.4 Å². The molecule has 0 aliphatic heterocycles. The van der Waals surface area contributed by atoms with Gasteiger partial charge >= 0.3 is 0 Å². The SMILES string of the molecule is c1ccc2c(c1)CC1c3ccccc3-c3ccc(N(c4ccc(-c5ccc6oc7ccccc7c6c5)cc4)c4ccc(-c5cccc6oc7ccccc7c56)cc4)c-2c31. The first-order chi connectivity index (χ1) is 29.2. The molecule has 9 aromatic carbocycles. The van der Waals surface area contributed by atoms with Crippen molar-refractivity contribution in [3.05, 3.63) is 211 Å². The first kappa shape index (κ1) is 32.5. The highest BCUT2D eigenvalue weighted by molar-refractivity contribution is 6.12. The Morgan fingerprint density at radius 3 is 1.85 bits per heavy atom. The van der Waals surface area contributed by atoms with Gasteiger partial charge in [-0.05, 0) is 123 Å². The number of anilines is 3. The van der Waals surface area contributed by atoms with E-state index in [0.29, 0.717) is 5.92 Å². The first-order valence-corrected chi connectivity index (χ1v) is 20.4. The molecule has 276 valence electrons. The zero-order valence-corrected chi connectivity index (χ0v) is 32.0. The van der Waals surface area contributed by atoms with Crippen LogP contribution in [0.15, 0.2) is 203 Å². The van der Waals surface area contributed by atoms with Crippen molar-refractivity contribution < 1.29 is 8.83 Å². The van der Waals surface area contributed by atoms with E-state index in [2.05, 4.69) is 175 Å². The van der Waals surface area contributed by atoms with Gasteiger partial charge in [-0.2, -0.15) is 0 Å². The van der Waals surface area contributed by atoms with Gasteiger partial charge in [-0.3, -0.25) is 0 Å². The van der Waals surface area contributed by atoms with Crippen LogP contribution in [-0.4, -0.2) is 0 Å². The van der Waals surface area contributed by atoms with Gasteiger partial charge < -0.3 is 13.7 Å². The van der Waals surface area contributed by atoms with Crippen molar-refractivity contribution in [1.29, 1.82) is 0 Å². The molecule has 3 nitrogen and oxygen atoms in total. The summed E-state index contributed by atoms with van der Waals surface area (Å²) in [5.74, 6) is 0.317. The maximum absolute atomic E-state index is 6.28. The van der Waals surface area contributed by atoms with Gasteiger partial charge in [-0.1, -0.05) is 133 Å². The second-order valence-electron chi connectivity index (χ2n) is 15.9. The molecule has 13 rings (SSSR count). The monoisotopic (exact) mass is 753 g/mol. The van der Waals surface area contributed by atoms with Gasteiger partial charge in [0, 0.05) is 44.4 Å². The van der Waals surface area contributed by atoms with Crippen molar-refractivity contribution in [2.75, 3.05) is 4.90 Å². The Morgan fingerprint density at radius 2 is 1.02 bits per heavy atom. The first-order valence-electron chi connectivity index (χ1n) is 20.4. The van der Waals surface area contributed by atoms with Gasteiger partial charge in [-0.25, -0.2) is 0 Å². The molecule has 3 heteroatoms. The summed E-state index contributed by atoms with van der Waals surface area (Å²) in [4.78, 5) is 2.46. The summed E-state index contributed by atoms with van der Waals surface area (Å²) in [5.41, 5.74) is 21.3. The quantitative estimate of drug-likeness (QED) is 0.175. The van der Waals surface area contributed by atoms with Crippen molar-refractivity contribution in [1.82, 2.24) is 0 Å². The fraction of sp³-hybridized carbons (Fsp3) is 0.0357. The molecule has 0 saturated heterocycles. The summed E-state index contributed by atoms with van der Waals surface area (Å²) in [6, 6.07) is 70.4. The Hall–Kier alpha value is -7.62. The van der Waals surface area contributed by atoms with E-state index < -0.39 is 0 Å². The number of furan rings is 2. The number of hydrogen-bond donors (Lipinski definition) is 0. The molecule has 0 N–H and O–H groups in total. The molecule has 0 fully saturated rings. The Labute approximate surface area is 341 Å². The van der Waals surface area contributed by atoms with Crippen LogP contribution >= 0.6 is 0 Å². The molecule has 2 aliphatic carbocycles. The van der Waals surface area contributed by atoms with Crippen LogP contribution in [0.1, 0.15) is 22.6 Å². The second kappa shape index (κ2) is 12.4. The van der Waals surface area contributed by atoms with Gasteiger partial charge in [0.05, 0.1) is 5.69 Å². The maximum atomic E-state index is 6.28. The average molecular weight is 754 g/mol. The van der Waals surface area contributed by atoms with Gasteiger partial charge in [-0.15, -0.1) is 0 Å². The number of rotatable bonds is 5. The fourth-order valence-electron chi connectivity index (χ4n) is 10.2. The minimum Gasteiger partial charge on any atom is -0.456 e. The minimum atomic E-state index is 0.317. The van der Waals surface area contributed by atoms with Crippen LogP contribution in [0, 0.1) is 0 Å². The maximum Gasteiger partial charge on any atom is 0.136 e. The third-order valence-corrected chi connectivity index (χ3v) is 12.8. The third kappa shape index (κ3) is 4.82. The number of para-hydroxylation sites is 2. The molecule has 0 saturated carbocycles. The van der Waals surface area contributed by atoms with E-state index in [-0.39, 0.29) is 0 Å². The highest BCUT2D eigenvalue weighted by Crippen LogP contribution is 2.57. The predicted octanol–water partition coefficient (Wildman–Crippen LogP) is 15.6. The molecule has 0 radical (unpaired) electrons. The Morgan fingerprint density at radius 1 is 0.407 bits per heavy atom. The van der Waals surface area contributed by atoms with E-state index in [1.807, 2.05) is 24.3 Å². The van der Waals surface area contributed by atoms with Crippen LogP contribution in [0.2, 0.25) is 0 Å². The van der Waals surface area contributed by atoms with Gasteiger partial charge in [0.15, 0.2) is 0 Å². The number of fused-ring (bicyclic) bond motifs is 11. The third-order valence-electron chi connectivity index (χ3n) is 12.8. The molecular formula is C56H35NO2. The normalized spacial score (nSPS) is 13.9. The van der Waals surface area contributed by atoms with Gasteiger partial charge in [0.1, 0.15) is 22.3 Å². The lowest BCUT2D eigenvalue weighted by atomic mass is 9.77. The van der Waals surface area contributed by atoms with Gasteiger partial charge in [0.2, 0.25) is 0 Å². The molecule has 1 unspecified atom stereocenters. The number of nitrogens with zero attached hydrogens (tertiary/aromatic N) is 1. The average Bonchev–Trinajstić information content (AvgIpc) is 3.97. The molecule has 1 atom stereocenters. The predicted molar refractivity (Wildman–Crippen MR) is 243 cm³/mol. The van der Waals surface area contributed by atoms with Crippen LogP contribution in [0.3, 0.4) is 0 Å². The van der Waals surface area contributed by atoms with Crippen LogP contribution in [0.25, 0.3) is 88.4 Å². The van der Waals surface area contributed by atoms with Crippen LogP contribution in [0.4, 0.5) is 17.1 Å². The zero-order chi connectivity index (χ0) is 38.6. The van der Waals surface area contributed by atoms with E-state index >= 15 is 0 Å². The lowest BCUT2D eigenvalue weighted by Crippen LogP contribution is -2.16. The summed E-state index contributed by atoms with van der Waals surface area (Å²) in [5, 5.41) is 4.55. The molecule has 0 spiro atoms. The van der Waals surface area contributed by atoms with E-state index in [9.17, 15) is 0 Å². The second-order valence-corrected chi connectivity index (χ2v) is 15.9. The molecule has 2 aromatic heterocycles. The van der Waals surface area contributed by atoms with Gasteiger partial charge in [0.25, 0.3) is 0 Å². The summed E-state index contributed by atoms with van der Waals surface area (Å²) < 4.78 is 12.4. The Balaban J connectivity index is 0.989. The summed E-state index contributed by atoms with van der Waals surface area (Å²) in [6.07, 6.45) is 1.00. The zero-order valence-electron chi connectivity index (χ0n) is 32.0. The molecule has 2 heterocycles. The smallest absolute Gasteiger partial charge is 0.136 e. The van der Waals surface area contributed by atoms with Crippen molar-refractivity contribution in [2.24, 2.45) is 0 Å². The van der Waals surface area contributed by atoms with Crippen LogP contribution in [-0.2, 0) is 6.42 Å². The Bertz CT molecular complexity index is 3480. The largest absolute Gasteiger partial charge is 0.456 e. The summed E-state index contributed by atoms with van der Waals surface area (Å²) in [7, 11) is 0. The number of benzene rings is 9. The molecule has 2 aliphatic rings. The minimum absolute atomic E-state index is 0.317. The fourth-order valence-corrected chi connectivity index (χ4v) is 10.2. The summed E-state index contributed by atoms with van der Waals surface area (Å²) >= 11 is 0. The topological polar surface area (TPSA) is 29.5 Å². The lowest BCUT2D eigenvalue weighted by molar-refractivity contribution is 0.668. The van der Waals surface area contributed by atoms with Crippen molar-refractivity contribution >= 4 is 60.9 Å². The summed E-state index contributed by atoms with van der Waals surface area (Å²) in [6.45, 7) is 0. The van der Waals surface area contributed by atoms with E-state index in [4.69, 9.17) is 8.83 Å². The molecule has 0 amide bonds. The molecule has 0 bridgehead atoms. The lowest BCUT2D eigenvalue weighted by Gasteiger charge is -2.33. The van der Waals surface area contributed by atoms with Crippen molar-refractivity contribution in [3.8, 4) is 44.5 Å². The highest BCUT2D eigenvalue weighted by Gasteiger charge is 2.37. The molecular weight excluding hydrogens is 719 g/mol. The Kier molecular flexibility index (Phi) is 6.84. The molecule has 59 heavy (non-hydrogen) atoms. The van der Waals surface area contributed by atoms with Crippen LogP contribution in [0.5, 0.6) is 0 Å².